The molecule has 6 fully saturated rings. The molecule has 0 aromatic heterocycles. The molecule has 9 unspecified atom stereocenters. The average Bonchev–Trinajstić information content (AvgIpc) is 4.35. The highest BCUT2D eigenvalue weighted by Gasteiger charge is 2.48. The van der Waals surface area contributed by atoms with Crippen LogP contribution in [0.4, 0.5) is 0 Å². The van der Waals surface area contributed by atoms with Gasteiger partial charge in [0.2, 0.25) is 12.2 Å². The Morgan fingerprint density at radius 2 is 0.915 bits per heavy atom. The van der Waals surface area contributed by atoms with Crippen LogP contribution in [-0.4, -0.2) is 150 Å². The van der Waals surface area contributed by atoms with Crippen LogP contribution in [0.2, 0.25) is 0 Å². The molecule has 0 aliphatic carbocycles. The van der Waals surface area contributed by atoms with Gasteiger partial charge in [-0.05, 0) is 80.1 Å². The molecule has 6 aliphatic heterocycles. The van der Waals surface area contributed by atoms with Crippen LogP contribution in [0.15, 0.2) is 0 Å². The summed E-state index contributed by atoms with van der Waals surface area (Å²) in [5.74, 6) is -2.34. The zero-order valence-electron chi connectivity index (χ0n) is 53.2. The van der Waals surface area contributed by atoms with E-state index in [1.807, 2.05) is 104 Å². The molecule has 6 heterocycles. The Labute approximate surface area is 488 Å². The van der Waals surface area contributed by atoms with Gasteiger partial charge in [-0.3, -0.25) is 33.6 Å². The number of carbonyl (C=O) groups excluding carboxylic acids is 9. The SMILES string of the molecule is CCC(C)(C)C(=O)OC1C(=O)OCC1(C)C.CCC(C)(C)C(=O)OC1CCOC1=O.CCC(C)(C)C(=O)OC1COC(=O)C1.CCC(C)C(=O)OC1CCOC1.CCC(C)C(=O)OC1CCOC1.CCC(C)C(=O)OC1COCC1(C)C. The second-order valence-corrected chi connectivity index (χ2v) is 25.1. The molecule has 0 N–H and O–H groups in total. The van der Waals surface area contributed by atoms with Crippen LogP contribution in [0, 0.1) is 44.8 Å². The van der Waals surface area contributed by atoms with Crippen molar-refractivity contribution < 1.29 is 100.0 Å². The van der Waals surface area contributed by atoms with Gasteiger partial charge in [-0.15, -0.1) is 0 Å². The molecule has 21 heteroatoms. The Morgan fingerprint density at radius 3 is 1.24 bits per heavy atom. The molecule has 0 aromatic rings. The van der Waals surface area contributed by atoms with E-state index in [2.05, 4.69) is 13.8 Å². The van der Waals surface area contributed by atoms with E-state index in [1.54, 1.807) is 13.8 Å². The molecular weight excluding hydrogens is 1070 g/mol. The number of hydrogen-bond acceptors (Lipinski definition) is 21. The molecule has 21 nitrogen and oxygen atoms in total. The average molecular weight is 1170 g/mol. The van der Waals surface area contributed by atoms with Gasteiger partial charge < -0.3 is 56.8 Å². The van der Waals surface area contributed by atoms with Crippen LogP contribution in [0.5, 0.6) is 0 Å². The van der Waals surface area contributed by atoms with Crippen molar-refractivity contribution in [1.82, 2.24) is 0 Å². The highest BCUT2D eigenvalue weighted by molar-refractivity contribution is 5.84. The first-order valence-corrected chi connectivity index (χ1v) is 29.5. The summed E-state index contributed by atoms with van der Waals surface area (Å²) < 4.78 is 61.1. The molecule has 6 rings (SSSR count). The third-order valence-electron chi connectivity index (χ3n) is 15.5. The topological polar surface area (TPSA) is 264 Å². The fraction of sp³-hybridized carbons (Fsp3) is 0.852. The van der Waals surface area contributed by atoms with Gasteiger partial charge in [0.05, 0.1) is 86.7 Å². The van der Waals surface area contributed by atoms with Gasteiger partial charge in [0.1, 0.15) is 37.6 Å². The summed E-state index contributed by atoms with van der Waals surface area (Å²) in [4.78, 5) is 102. The minimum absolute atomic E-state index is 0.00602. The standard InChI is InChI=1S/C12H20O4.C11H20O3.2C10H16O4.2C9H16O3/c1-6-11(2,3)10(14)16-8-9(13)15-7-12(8,4)5;1-5-8(2)10(12)14-9-6-13-7-11(9,3)4;1-4-10(2,3)9(12)14-7-5-8(11)13-6-7;1-4-10(2,3)9(12)14-7-5-6-13-8(7)11;2*1-3-7(2)9(10)12-8-4-5-11-6-8/h8H,6-7H2,1-5H3;8-9H,5-7H2,1-4H3;2*7H,4-6H2,1-3H3;2*7-8H,3-6H2,1-2H3. The maximum absolute atomic E-state index is 11.9. The minimum atomic E-state index is -0.772. The van der Waals surface area contributed by atoms with Gasteiger partial charge in [0, 0.05) is 30.1 Å². The van der Waals surface area contributed by atoms with Crippen LogP contribution in [0.25, 0.3) is 0 Å². The van der Waals surface area contributed by atoms with Crippen molar-refractivity contribution in [3.63, 3.8) is 0 Å². The molecule has 6 aliphatic rings. The minimum Gasteiger partial charge on any atom is -0.463 e. The lowest BCUT2D eigenvalue weighted by molar-refractivity contribution is -0.170. The summed E-state index contributed by atoms with van der Waals surface area (Å²) in [5.41, 5.74) is -2.03. The van der Waals surface area contributed by atoms with Crippen LogP contribution in [0.1, 0.15) is 196 Å². The van der Waals surface area contributed by atoms with Gasteiger partial charge in [-0.25, -0.2) is 9.59 Å². The largest absolute Gasteiger partial charge is 0.463 e. The van der Waals surface area contributed by atoms with E-state index in [9.17, 15) is 43.2 Å². The van der Waals surface area contributed by atoms with Crippen molar-refractivity contribution in [2.24, 2.45) is 44.8 Å². The van der Waals surface area contributed by atoms with E-state index in [-0.39, 0.29) is 102 Å². The quantitative estimate of drug-likeness (QED) is 0.0914. The van der Waals surface area contributed by atoms with Gasteiger partial charge in [-0.1, -0.05) is 90.0 Å². The Bertz CT molecular complexity index is 1990. The number of cyclic esters (lactones) is 3. The van der Waals surface area contributed by atoms with E-state index >= 15 is 0 Å². The predicted octanol–water partition coefficient (Wildman–Crippen LogP) is 9.21. The maximum atomic E-state index is 11.9. The molecule has 0 aromatic carbocycles. The van der Waals surface area contributed by atoms with E-state index in [0.29, 0.717) is 65.3 Å². The molecule has 0 spiro atoms. The third-order valence-corrected chi connectivity index (χ3v) is 15.5. The van der Waals surface area contributed by atoms with Crippen molar-refractivity contribution in [2.75, 3.05) is 59.5 Å². The lowest BCUT2D eigenvalue weighted by Crippen LogP contribution is -2.39. The van der Waals surface area contributed by atoms with E-state index in [0.717, 1.165) is 45.3 Å². The number of carbonyl (C=O) groups is 9. The molecule has 6 saturated heterocycles. The first-order chi connectivity index (χ1) is 38.1. The summed E-state index contributed by atoms with van der Waals surface area (Å²) in [5, 5.41) is 0. The van der Waals surface area contributed by atoms with Gasteiger partial charge >= 0.3 is 53.7 Å². The zero-order valence-corrected chi connectivity index (χ0v) is 53.2. The molecule has 0 radical (unpaired) electrons. The normalized spacial score (nSPS) is 24.3. The lowest BCUT2D eigenvalue weighted by atomic mass is 9.88. The Balaban J connectivity index is 0.000000493. The second kappa shape index (κ2) is 35.4. The van der Waals surface area contributed by atoms with Crippen molar-refractivity contribution in [2.45, 2.75) is 232 Å². The highest BCUT2D eigenvalue weighted by Crippen LogP contribution is 2.34. The molecule has 0 amide bonds. The third kappa shape index (κ3) is 25.9. The van der Waals surface area contributed by atoms with Crippen molar-refractivity contribution in [3.8, 4) is 0 Å². The fourth-order valence-electron chi connectivity index (χ4n) is 6.85. The maximum Gasteiger partial charge on any atom is 0.348 e. The van der Waals surface area contributed by atoms with Gasteiger partial charge in [0.15, 0.2) is 0 Å². The zero-order chi connectivity index (χ0) is 62.8. The number of hydrogen-bond donors (Lipinski definition) is 0. The predicted molar refractivity (Wildman–Crippen MR) is 301 cm³/mol. The van der Waals surface area contributed by atoms with E-state index in [4.69, 9.17) is 56.8 Å². The summed E-state index contributed by atoms with van der Waals surface area (Å²) in [7, 11) is 0. The number of ether oxygens (including phenoxy) is 12. The first kappa shape index (κ1) is 75.1. The Kier molecular flexibility index (Phi) is 32.4. The van der Waals surface area contributed by atoms with Crippen molar-refractivity contribution in [1.29, 1.82) is 0 Å². The number of esters is 9. The monoisotopic (exact) mass is 1170 g/mol. The summed E-state index contributed by atoms with van der Waals surface area (Å²) in [6.07, 6.45) is 5.03. The van der Waals surface area contributed by atoms with Crippen LogP contribution >= 0.6 is 0 Å². The van der Waals surface area contributed by atoms with Gasteiger partial charge in [-0.2, -0.15) is 0 Å². The highest BCUT2D eigenvalue weighted by atomic mass is 16.6. The fourth-order valence-corrected chi connectivity index (χ4v) is 6.85. The van der Waals surface area contributed by atoms with E-state index < -0.39 is 45.8 Å². The smallest absolute Gasteiger partial charge is 0.348 e. The molecule has 9 atom stereocenters. The van der Waals surface area contributed by atoms with Gasteiger partial charge in [0.25, 0.3) is 0 Å². The van der Waals surface area contributed by atoms with Crippen LogP contribution in [0.3, 0.4) is 0 Å². The van der Waals surface area contributed by atoms with Crippen molar-refractivity contribution >= 4 is 53.7 Å². The van der Waals surface area contributed by atoms with Crippen LogP contribution < -0.4 is 0 Å². The summed E-state index contributed by atoms with van der Waals surface area (Å²) in [6, 6.07) is 0. The summed E-state index contributed by atoms with van der Waals surface area (Å²) >= 11 is 0. The van der Waals surface area contributed by atoms with Crippen molar-refractivity contribution in [3.05, 3.63) is 0 Å². The Hall–Kier alpha value is -4.89. The molecule has 0 bridgehead atoms. The second-order valence-electron chi connectivity index (χ2n) is 25.1. The lowest BCUT2D eigenvalue weighted by Gasteiger charge is -2.27. The van der Waals surface area contributed by atoms with Crippen LogP contribution in [-0.2, 0) is 100.0 Å². The van der Waals surface area contributed by atoms with E-state index in [1.165, 1.54) is 0 Å². The summed E-state index contributed by atoms with van der Waals surface area (Å²) in [6.45, 7) is 40.7. The molecule has 474 valence electrons. The molecular formula is C61H104O21. The molecule has 0 saturated carbocycles. The first-order valence-electron chi connectivity index (χ1n) is 29.5. The Morgan fingerprint density at radius 1 is 0.476 bits per heavy atom. The number of rotatable bonds is 18. The molecule has 82 heavy (non-hydrogen) atoms.